The van der Waals surface area contributed by atoms with Crippen molar-refractivity contribution in [3.8, 4) is 11.1 Å². The number of benzene rings is 2. The van der Waals surface area contributed by atoms with Crippen LogP contribution in [0, 0.1) is 18.8 Å². The fourth-order valence-electron chi connectivity index (χ4n) is 3.35. The van der Waals surface area contributed by atoms with Gasteiger partial charge in [-0.1, -0.05) is 73.9 Å². The van der Waals surface area contributed by atoms with E-state index in [0.717, 1.165) is 5.92 Å². The van der Waals surface area contributed by atoms with Crippen LogP contribution in [-0.2, 0) is 6.42 Å². The summed E-state index contributed by atoms with van der Waals surface area (Å²) in [5, 5.41) is 0. The molecular weight excluding hydrogens is 264 g/mol. The van der Waals surface area contributed by atoms with Crippen molar-refractivity contribution in [1.82, 2.24) is 0 Å². The highest BCUT2D eigenvalue weighted by Crippen LogP contribution is 2.33. The predicted molar refractivity (Wildman–Crippen MR) is 95.8 cm³/mol. The fraction of sp³-hybridized carbons (Fsp3) is 0.409. The minimum absolute atomic E-state index is 0.942. The summed E-state index contributed by atoms with van der Waals surface area (Å²) in [4.78, 5) is 0. The van der Waals surface area contributed by atoms with Crippen LogP contribution >= 0.6 is 0 Å². The van der Waals surface area contributed by atoms with Crippen molar-refractivity contribution in [3.63, 3.8) is 0 Å². The van der Waals surface area contributed by atoms with Gasteiger partial charge < -0.3 is 0 Å². The van der Waals surface area contributed by atoms with E-state index in [-0.39, 0.29) is 0 Å². The van der Waals surface area contributed by atoms with Crippen LogP contribution in [0.5, 0.6) is 0 Å². The van der Waals surface area contributed by atoms with Gasteiger partial charge >= 0.3 is 0 Å². The second kappa shape index (κ2) is 7.13. The molecule has 0 atom stereocenters. The second-order valence-corrected chi connectivity index (χ2v) is 7.00. The van der Waals surface area contributed by atoms with Gasteiger partial charge in [-0.05, 0) is 61.1 Å². The van der Waals surface area contributed by atoms with Crippen LogP contribution in [0.15, 0.2) is 48.5 Å². The summed E-state index contributed by atoms with van der Waals surface area (Å²) in [7, 11) is 0. The third kappa shape index (κ3) is 4.00. The first kappa shape index (κ1) is 15.3. The molecule has 22 heavy (non-hydrogen) atoms. The molecule has 0 heteroatoms. The molecule has 0 saturated heterocycles. The zero-order valence-corrected chi connectivity index (χ0v) is 13.9. The lowest BCUT2D eigenvalue weighted by atomic mass is 9.80. The van der Waals surface area contributed by atoms with E-state index in [2.05, 4.69) is 62.4 Å². The molecule has 1 aliphatic rings. The molecule has 2 aromatic rings. The highest BCUT2D eigenvalue weighted by molar-refractivity contribution is 5.63. The summed E-state index contributed by atoms with van der Waals surface area (Å²) >= 11 is 0. The molecule has 3 rings (SSSR count). The molecule has 1 radical (unpaired) electrons. The van der Waals surface area contributed by atoms with Gasteiger partial charge in [0.25, 0.3) is 0 Å². The van der Waals surface area contributed by atoms with Crippen molar-refractivity contribution in [1.29, 1.82) is 0 Å². The van der Waals surface area contributed by atoms with Crippen LogP contribution in [0.2, 0.25) is 0 Å². The highest BCUT2D eigenvalue weighted by atomic mass is 14.2. The van der Waals surface area contributed by atoms with E-state index in [4.69, 9.17) is 0 Å². The minimum atomic E-state index is 0.942. The zero-order chi connectivity index (χ0) is 15.4. The smallest absolute Gasteiger partial charge is 0.0184 e. The van der Waals surface area contributed by atoms with Crippen molar-refractivity contribution >= 4 is 0 Å². The Morgan fingerprint density at radius 3 is 1.91 bits per heavy atom. The maximum Gasteiger partial charge on any atom is -0.0184 e. The molecule has 0 bridgehead atoms. The lowest BCUT2D eigenvalue weighted by molar-refractivity contribution is 0.394. The Hall–Kier alpha value is -1.56. The summed E-state index contributed by atoms with van der Waals surface area (Å²) in [5.74, 6) is 2.73. The number of aryl methyl sites for hydroxylation is 2. The van der Waals surface area contributed by atoms with Gasteiger partial charge in [0.15, 0.2) is 0 Å². The van der Waals surface area contributed by atoms with Gasteiger partial charge in [-0.15, -0.1) is 0 Å². The van der Waals surface area contributed by atoms with Crippen molar-refractivity contribution in [2.75, 3.05) is 0 Å². The van der Waals surface area contributed by atoms with Gasteiger partial charge in [0.1, 0.15) is 0 Å². The van der Waals surface area contributed by atoms with Gasteiger partial charge in [0.05, 0.1) is 0 Å². The van der Waals surface area contributed by atoms with Crippen molar-refractivity contribution in [3.05, 3.63) is 65.6 Å². The molecule has 0 N–H and O–H groups in total. The molecule has 1 aliphatic carbocycles. The Balaban J connectivity index is 1.56. The van der Waals surface area contributed by atoms with Gasteiger partial charge in [0.2, 0.25) is 0 Å². The molecule has 0 heterocycles. The molecule has 0 nitrogen and oxygen atoms in total. The molecule has 115 valence electrons. The van der Waals surface area contributed by atoms with E-state index in [1.165, 1.54) is 60.8 Å². The number of hydrogen-bond donors (Lipinski definition) is 0. The van der Waals surface area contributed by atoms with Crippen LogP contribution in [-0.4, -0.2) is 0 Å². The molecule has 0 aromatic heterocycles. The first-order chi connectivity index (χ1) is 10.7. The van der Waals surface area contributed by atoms with Gasteiger partial charge in [-0.3, -0.25) is 0 Å². The normalized spacial score (nSPS) is 16.8. The zero-order valence-electron chi connectivity index (χ0n) is 13.9. The molecule has 0 unspecified atom stereocenters. The first-order valence-corrected chi connectivity index (χ1v) is 8.70. The predicted octanol–water partition coefficient (Wildman–Crippen LogP) is 6.38. The molecule has 0 spiro atoms. The number of rotatable bonds is 4. The van der Waals surface area contributed by atoms with Gasteiger partial charge in [0, 0.05) is 0 Å². The van der Waals surface area contributed by atoms with Crippen molar-refractivity contribution in [2.45, 2.75) is 52.4 Å². The summed E-state index contributed by atoms with van der Waals surface area (Å²) in [5.41, 5.74) is 5.43. The monoisotopic (exact) mass is 291 g/mol. The average Bonchev–Trinajstić information content (AvgIpc) is 2.56. The average molecular weight is 291 g/mol. The SMILES string of the molecule is Cc1ccc(-c2ccc(CC[C]3CCC(C)CC3)cc2)cc1. The molecule has 2 aromatic carbocycles. The van der Waals surface area contributed by atoms with E-state index in [0.29, 0.717) is 0 Å². The molecule has 0 aliphatic heterocycles. The standard InChI is InChI=1S/C22H27/c1-17-3-7-19(8-4-17)9-10-20-11-15-22(16-12-20)21-13-5-18(2)6-14-21/h5-6,11-17H,3-4,7-10H2,1-2H3. The third-order valence-corrected chi connectivity index (χ3v) is 5.09. The van der Waals surface area contributed by atoms with E-state index in [9.17, 15) is 0 Å². The van der Waals surface area contributed by atoms with E-state index >= 15 is 0 Å². The lowest BCUT2D eigenvalue weighted by Crippen LogP contribution is -2.11. The lowest BCUT2D eigenvalue weighted by Gasteiger charge is -2.25. The quantitative estimate of drug-likeness (QED) is 0.613. The Bertz CT molecular complexity index is 568. The maximum atomic E-state index is 2.39. The molecule has 0 amide bonds. The van der Waals surface area contributed by atoms with Crippen LogP contribution in [0.3, 0.4) is 0 Å². The van der Waals surface area contributed by atoms with Gasteiger partial charge in [-0.2, -0.15) is 0 Å². The van der Waals surface area contributed by atoms with E-state index in [1.807, 2.05) is 0 Å². The fourth-order valence-corrected chi connectivity index (χ4v) is 3.35. The Labute approximate surface area is 135 Å². The van der Waals surface area contributed by atoms with Crippen molar-refractivity contribution < 1.29 is 0 Å². The third-order valence-electron chi connectivity index (χ3n) is 5.09. The van der Waals surface area contributed by atoms with Crippen LogP contribution in [0.4, 0.5) is 0 Å². The largest absolute Gasteiger partial charge is 0.0625 e. The Morgan fingerprint density at radius 1 is 0.773 bits per heavy atom. The Morgan fingerprint density at radius 2 is 1.32 bits per heavy atom. The van der Waals surface area contributed by atoms with Gasteiger partial charge in [-0.25, -0.2) is 0 Å². The van der Waals surface area contributed by atoms with Crippen LogP contribution < -0.4 is 0 Å². The van der Waals surface area contributed by atoms with Crippen molar-refractivity contribution in [2.24, 2.45) is 5.92 Å². The second-order valence-electron chi connectivity index (χ2n) is 7.00. The maximum absolute atomic E-state index is 2.39. The summed E-state index contributed by atoms with van der Waals surface area (Å²) in [6.07, 6.45) is 8.03. The molecule has 1 fully saturated rings. The molecule has 1 saturated carbocycles. The molecular formula is C22H27. The first-order valence-electron chi connectivity index (χ1n) is 8.70. The highest BCUT2D eigenvalue weighted by Gasteiger charge is 2.18. The number of hydrogen-bond acceptors (Lipinski definition) is 0. The van der Waals surface area contributed by atoms with E-state index < -0.39 is 0 Å². The van der Waals surface area contributed by atoms with Crippen LogP contribution in [0.1, 0.15) is 50.2 Å². The Kier molecular flexibility index (Phi) is 4.97. The topological polar surface area (TPSA) is 0 Å². The summed E-state index contributed by atoms with van der Waals surface area (Å²) < 4.78 is 0. The van der Waals surface area contributed by atoms with Crippen LogP contribution in [0.25, 0.3) is 11.1 Å². The summed E-state index contributed by atoms with van der Waals surface area (Å²) in [6.45, 7) is 4.52. The minimum Gasteiger partial charge on any atom is -0.0625 e. The van der Waals surface area contributed by atoms with E-state index in [1.54, 1.807) is 5.92 Å². The summed E-state index contributed by atoms with van der Waals surface area (Å²) in [6, 6.07) is 17.9.